The Bertz CT molecular complexity index is 654. The number of halogens is 1. The van der Waals surface area contributed by atoms with Gasteiger partial charge in [-0.05, 0) is 36.9 Å². The Labute approximate surface area is 167 Å². The zero-order valence-corrected chi connectivity index (χ0v) is 16.5. The molecule has 2 fully saturated rings. The number of benzene rings is 1. The highest BCUT2D eigenvalue weighted by Crippen LogP contribution is 2.38. The molecule has 6 nitrogen and oxygen atoms in total. The fourth-order valence-electron chi connectivity index (χ4n) is 4.17. The van der Waals surface area contributed by atoms with Crippen molar-refractivity contribution in [2.45, 2.75) is 38.5 Å². The predicted octanol–water partition coefficient (Wildman–Crippen LogP) is 2.40. The number of para-hydroxylation sites is 1. The molecule has 150 valence electrons. The molecule has 2 amide bonds. The topological polar surface area (TPSA) is 86.9 Å². The number of nitrogens with two attached hydrogens (primary N) is 1. The molecular formula is C20H30ClN3O3. The fourth-order valence-corrected chi connectivity index (χ4v) is 4.17. The van der Waals surface area contributed by atoms with Gasteiger partial charge in [0.25, 0.3) is 5.91 Å². The van der Waals surface area contributed by atoms with E-state index in [0.717, 1.165) is 25.7 Å². The number of rotatable bonds is 4. The normalized spacial score (nSPS) is 19.3. The van der Waals surface area contributed by atoms with Crippen molar-refractivity contribution in [3.63, 3.8) is 0 Å². The molecule has 1 aliphatic heterocycles. The molecular weight excluding hydrogens is 366 g/mol. The summed E-state index contributed by atoms with van der Waals surface area (Å²) in [5, 5.41) is 9.87. The van der Waals surface area contributed by atoms with Crippen molar-refractivity contribution in [2.75, 3.05) is 32.7 Å². The van der Waals surface area contributed by atoms with E-state index in [0.29, 0.717) is 44.7 Å². The number of hydrogen-bond donors (Lipinski definition) is 2. The number of phenols is 1. The number of aromatic hydroxyl groups is 1. The van der Waals surface area contributed by atoms with Crippen molar-refractivity contribution in [1.29, 1.82) is 0 Å². The molecule has 2 aliphatic rings. The van der Waals surface area contributed by atoms with Gasteiger partial charge in [0, 0.05) is 32.6 Å². The first kappa shape index (κ1) is 21.5. The summed E-state index contributed by atoms with van der Waals surface area (Å²) in [7, 11) is 0. The summed E-state index contributed by atoms with van der Waals surface area (Å²) in [4.78, 5) is 28.9. The largest absolute Gasteiger partial charge is 0.507 e. The zero-order chi connectivity index (χ0) is 18.6. The number of carbonyl (C=O) groups excluding carboxylic acids is 2. The van der Waals surface area contributed by atoms with Crippen LogP contribution in [0.25, 0.3) is 0 Å². The third-order valence-corrected chi connectivity index (χ3v) is 5.93. The van der Waals surface area contributed by atoms with Crippen LogP contribution in [0.3, 0.4) is 0 Å². The van der Waals surface area contributed by atoms with Crippen LogP contribution in [0.2, 0.25) is 0 Å². The molecule has 3 N–H and O–H groups in total. The van der Waals surface area contributed by atoms with Gasteiger partial charge in [-0.1, -0.05) is 31.4 Å². The van der Waals surface area contributed by atoms with Crippen molar-refractivity contribution >= 4 is 24.2 Å². The Morgan fingerprint density at radius 2 is 1.59 bits per heavy atom. The van der Waals surface area contributed by atoms with Crippen LogP contribution in [-0.2, 0) is 4.79 Å². The SMILES string of the molecule is Cl.NCC1(CC(=O)N2CCN(C(=O)c3ccccc3O)CC2)CCCCC1. The average Bonchev–Trinajstić information content (AvgIpc) is 2.68. The van der Waals surface area contributed by atoms with Crippen molar-refractivity contribution in [2.24, 2.45) is 11.1 Å². The van der Waals surface area contributed by atoms with Gasteiger partial charge in [-0.2, -0.15) is 0 Å². The van der Waals surface area contributed by atoms with Gasteiger partial charge in [0.05, 0.1) is 5.56 Å². The van der Waals surface area contributed by atoms with E-state index < -0.39 is 0 Å². The number of nitrogens with zero attached hydrogens (tertiary/aromatic N) is 2. The number of piperazine rings is 1. The molecule has 0 aromatic heterocycles. The second kappa shape index (κ2) is 9.42. The van der Waals surface area contributed by atoms with Crippen LogP contribution in [-0.4, -0.2) is 59.4 Å². The van der Waals surface area contributed by atoms with Crippen molar-refractivity contribution in [3.8, 4) is 5.75 Å². The van der Waals surface area contributed by atoms with Crippen LogP contribution in [0.1, 0.15) is 48.9 Å². The smallest absolute Gasteiger partial charge is 0.257 e. The maximum atomic E-state index is 12.8. The van der Waals surface area contributed by atoms with Crippen LogP contribution in [0.15, 0.2) is 24.3 Å². The molecule has 27 heavy (non-hydrogen) atoms. The summed E-state index contributed by atoms with van der Waals surface area (Å²) in [6.45, 7) is 2.64. The van der Waals surface area contributed by atoms with Gasteiger partial charge < -0.3 is 20.6 Å². The highest BCUT2D eigenvalue weighted by atomic mass is 35.5. The molecule has 0 spiro atoms. The van der Waals surface area contributed by atoms with E-state index in [1.807, 2.05) is 4.90 Å². The lowest BCUT2D eigenvalue weighted by Crippen LogP contribution is -2.51. The molecule has 0 atom stereocenters. The van der Waals surface area contributed by atoms with Gasteiger partial charge in [-0.3, -0.25) is 9.59 Å². The number of hydrogen-bond acceptors (Lipinski definition) is 4. The van der Waals surface area contributed by atoms with Gasteiger partial charge >= 0.3 is 0 Å². The highest BCUT2D eigenvalue weighted by molar-refractivity contribution is 5.97. The number of carbonyl (C=O) groups is 2. The maximum Gasteiger partial charge on any atom is 0.257 e. The summed E-state index contributed by atoms with van der Waals surface area (Å²) in [5.41, 5.74) is 6.30. The molecule has 1 aliphatic carbocycles. The summed E-state index contributed by atoms with van der Waals surface area (Å²) < 4.78 is 0. The summed E-state index contributed by atoms with van der Waals surface area (Å²) in [6, 6.07) is 6.58. The standard InChI is InChI=1S/C20H29N3O3.ClH/c21-15-20(8-4-1-5-9-20)14-18(25)22-10-12-23(13-11-22)19(26)16-6-2-3-7-17(16)24;/h2-3,6-7,24H,1,4-5,8-15,21H2;1H. The second-order valence-electron chi connectivity index (χ2n) is 7.63. The monoisotopic (exact) mass is 395 g/mol. The molecule has 1 heterocycles. The quantitative estimate of drug-likeness (QED) is 0.819. The molecule has 1 aromatic rings. The second-order valence-corrected chi connectivity index (χ2v) is 7.63. The van der Waals surface area contributed by atoms with Gasteiger partial charge in [0.1, 0.15) is 5.75 Å². The lowest BCUT2D eigenvalue weighted by Gasteiger charge is -2.39. The van der Waals surface area contributed by atoms with Gasteiger partial charge in [0.15, 0.2) is 0 Å². The highest BCUT2D eigenvalue weighted by Gasteiger charge is 2.35. The van der Waals surface area contributed by atoms with Crippen LogP contribution in [0.4, 0.5) is 0 Å². The van der Waals surface area contributed by atoms with E-state index in [1.54, 1.807) is 23.1 Å². The lowest BCUT2D eigenvalue weighted by atomic mass is 9.71. The zero-order valence-electron chi connectivity index (χ0n) is 15.7. The molecule has 0 bridgehead atoms. The molecule has 7 heteroatoms. The third-order valence-electron chi connectivity index (χ3n) is 5.93. The Hall–Kier alpha value is -1.79. The molecule has 1 saturated heterocycles. The minimum absolute atomic E-state index is 0. The van der Waals surface area contributed by atoms with Crippen LogP contribution in [0, 0.1) is 5.41 Å². The first-order valence-electron chi connectivity index (χ1n) is 9.60. The Morgan fingerprint density at radius 1 is 1.00 bits per heavy atom. The van der Waals surface area contributed by atoms with Crippen LogP contribution in [0.5, 0.6) is 5.75 Å². The van der Waals surface area contributed by atoms with Crippen molar-refractivity contribution < 1.29 is 14.7 Å². The molecule has 0 radical (unpaired) electrons. The molecule has 1 saturated carbocycles. The summed E-state index contributed by atoms with van der Waals surface area (Å²) >= 11 is 0. The van der Waals surface area contributed by atoms with Gasteiger partial charge in [0.2, 0.25) is 5.91 Å². The van der Waals surface area contributed by atoms with E-state index in [2.05, 4.69) is 0 Å². The predicted molar refractivity (Wildman–Crippen MR) is 107 cm³/mol. The Balaban J connectivity index is 0.00000261. The lowest BCUT2D eigenvalue weighted by molar-refractivity contribution is -0.135. The summed E-state index contributed by atoms with van der Waals surface area (Å²) in [6.07, 6.45) is 6.17. The maximum absolute atomic E-state index is 12.8. The fraction of sp³-hybridized carbons (Fsp3) is 0.600. The Kier molecular flexibility index (Phi) is 7.50. The molecule has 1 aromatic carbocycles. The minimum atomic E-state index is -0.180. The van der Waals surface area contributed by atoms with Crippen molar-refractivity contribution in [3.05, 3.63) is 29.8 Å². The Morgan fingerprint density at radius 3 is 2.19 bits per heavy atom. The third kappa shape index (κ3) is 4.93. The van der Waals surface area contributed by atoms with E-state index in [9.17, 15) is 14.7 Å². The van der Waals surface area contributed by atoms with Crippen LogP contribution >= 0.6 is 12.4 Å². The molecule has 3 rings (SSSR count). The van der Waals surface area contributed by atoms with Crippen molar-refractivity contribution in [1.82, 2.24) is 9.80 Å². The van der Waals surface area contributed by atoms with Crippen LogP contribution < -0.4 is 5.73 Å². The average molecular weight is 396 g/mol. The summed E-state index contributed by atoms with van der Waals surface area (Å²) in [5.74, 6) is -0.0221. The van der Waals surface area contributed by atoms with Gasteiger partial charge in [-0.25, -0.2) is 0 Å². The van der Waals surface area contributed by atoms with Gasteiger partial charge in [-0.15, -0.1) is 12.4 Å². The number of phenolic OH excluding ortho intramolecular Hbond substituents is 1. The first-order valence-corrected chi connectivity index (χ1v) is 9.60. The van der Waals surface area contributed by atoms with E-state index in [1.165, 1.54) is 12.5 Å². The first-order chi connectivity index (χ1) is 12.5. The van der Waals surface area contributed by atoms with E-state index in [4.69, 9.17) is 5.73 Å². The number of amides is 2. The van der Waals surface area contributed by atoms with E-state index in [-0.39, 0.29) is 35.4 Å². The van der Waals surface area contributed by atoms with E-state index >= 15 is 0 Å². The molecule has 0 unspecified atom stereocenters. The minimum Gasteiger partial charge on any atom is -0.507 e.